The molecule has 0 fully saturated rings. The summed E-state index contributed by atoms with van der Waals surface area (Å²) in [6, 6.07) is 2.03. The SMILES string of the molecule is CC.COC(=O)c1nn(C)cc1Cn1ccc2c(C(C)C)nc(C)nc21. The van der Waals surface area contributed by atoms with Gasteiger partial charge in [0.2, 0.25) is 0 Å². The number of aromatic nitrogens is 5. The van der Waals surface area contributed by atoms with Crippen LogP contribution in [-0.4, -0.2) is 37.4 Å². The first kappa shape index (κ1) is 19.6. The molecule has 0 aliphatic heterocycles. The zero-order valence-corrected chi connectivity index (χ0v) is 16.6. The van der Waals surface area contributed by atoms with E-state index < -0.39 is 5.97 Å². The number of hydrogen-bond acceptors (Lipinski definition) is 5. The van der Waals surface area contributed by atoms with E-state index in [1.807, 2.05) is 43.8 Å². The molecule has 0 N–H and O–H groups in total. The largest absolute Gasteiger partial charge is 0.464 e. The van der Waals surface area contributed by atoms with Crippen LogP contribution in [0.25, 0.3) is 11.0 Å². The van der Waals surface area contributed by atoms with Gasteiger partial charge in [-0.2, -0.15) is 5.10 Å². The van der Waals surface area contributed by atoms with E-state index in [0.29, 0.717) is 18.2 Å². The second kappa shape index (κ2) is 8.12. The zero-order valence-electron chi connectivity index (χ0n) is 16.6. The summed E-state index contributed by atoms with van der Waals surface area (Å²) in [5.41, 5.74) is 3.03. The molecule has 0 unspecified atom stereocenters. The molecule has 0 aliphatic rings. The molecule has 0 atom stereocenters. The van der Waals surface area contributed by atoms with Crippen LogP contribution >= 0.6 is 0 Å². The Morgan fingerprint density at radius 3 is 2.58 bits per heavy atom. The Balaban J connectivity index is 0.00000117. The van der Waals surface area contributed by atoms with Crippen LogP contribution in [0, 0.1) is 6.92 Å². The van der Waals surface area contributed by atoms with Crippen LogP contribution < -0.4 is 0 Å². The summed E-state index contributed by atoms with van der Waals surface area (Å²) in [7, 11) is 3.14. The number of carbonyl (C=O) groups is 1. The van der Waals surface area contributed by atoms with Crippen molar-refractivity contribution in [3.63, 3.8) is 0 Å². The fraction of sp³-hybridized carbons (Fsp3) is 0.474. The van der Waals surface area contributed by atoms with Crippen LogP contribution in [0.3, 0.4) is 0 Å². The number of rotatable bonds is 4. The summed E-state index contributed by atoms with van der Waals surface area (Å²) >= 11 is 0. The van der Waals surface area contributed by atoms with Crippen molar-refractivity contribution in [2.75, 3.05) is 7.11 Å². The molecule has 0 radical (unpaired) electrons. The molecule has 0 aliphatic carbocycles. The fourth-order valence-corrected chi connectivity index (χ4v) is 2.87. The van der Waals surface area contributed by atoms with E-state index in [2.05, 4.69) is 28.9 Å². The molecule has 7 nitrogen and oxygen atoms in total. The quantitative estimate of drug-likeness (QED) is 0.669. The lowest BCUT2D eigenvalue weighted by Crippen LogP contribution is -2.09. The molecule has 0 bridgehead atoms. The number of fused-ring (bicyclic) bond motifs is 1. The molecule has 0 saturated heterocycles. The molecule has 0 aromatic carbocycles. The molecular formula is C19H27N5O2. The Morgan fingerprint density at radius 2 is 1.96 bits per heavy atom. The highest BCUT2D eigenvalue weighted by atomic mass is 16.5. The van der Waals surface area contributed by atoms with E-state index >= 15 is 0 Å². The Morgan fingerprint density at radius 1 is 1.27 bits per heavy atom. The standard InChI is InChI=1S/C17H21N5O2.C2H6/c1-10(2)14-13-6-7-22(16(13)19-11(3)18-14)9-12-8-21(4)20-15(12)17(23)24-5;1-2/h6-8,10H,9H2,1-5H3;1-2H3. The van der Waals surface area contributed by atoms with Crippen LogP contribution in [0.15, 0.2) is 18.5 Å². The van der Waals surface area contributed by atoms with Crippen LogP contribution in [0.5, 0.6) is 0 Å². The molecule has 3 heterocycles. The summed E-state index contributed by atoms with van der Waals surface area (Å²) in [6.45, 7) is 10.6. The number of nitrogens with zero attached hydrogens (tertiary/aromatic N) is 5. The third-order valence-electron chi connectivity index (χ3n) is 3.93. The van der Waals surface area contributed by atoms with Gasteiger partial charge in [-0.05, 0) is 18.9 Å². The van der Waals surface area contributed by atoms with Crippen LogP contribution in [0.1, 0.15) is 61.2 Å². The lowest BCUT2D eigenvalue weighted by molar-refractivity contribution is 0.0592. The van der Waals surface area contributed by atoms with Crippen molar-refractivity contribution in [2.24, 2.45) is 7.05 Å². The molecule has 3 rings (SSSR count). The van der Waals surface area contributed by atoms with Crippen molar-refractivity contribution in [1.82, 2.24) is 24.3 Å². The Kier molecular flexibility index (Phi) is 6.13. The average Bonchev–Trinajstić information content (AvgIpc) is 3.19. The highest BCUT2D eigenvalue weighted by molar-refractivity contribution is 5.88. The van der Waals surface area contributed by atoms with Gasteiger partial charge in [-0.15, -0.1) is 0 Å². The van der Waals surface area contributed by atoms with Crippen molar-refractivity contribution in [1.29, 1.82) is 0 Å². The molecular weight excluding hydrogens is 330 g/mol. The number of ether oxygens (including phenoxy) is 1. The third kappa shape index (κ3) is 3.76. The van der Waals surface area contributed by atoms with Crippen LogP contribution in [0.4, 0.5) is 0 Å². The number of methoxy groups -OCH3 is 1. The first-order chi connectivity index (χ1) is 12.4. The highest BCUT2D eigenvalue weighted by Gasteiger charge is 2.19. The molecule has 0 saturated carbocycles. The van der Waals surface area contributed by atoms with Crippen molar-refractivity contribution < 1.29 is 9.53 Å². The second-order valence-electron chi connectivity index (χ2n) is 6.16. The molecule has 0 amide bonds. The minimum Gasteiger partial charge on any atom is -0.464 e. The van der Waals surface area contributed by atoms with E-state index in [9.17, 15) is 4.79 Å². The summed E-state index contributed by atoms with van der Waals surface area (Å²) in [6.07, 6.45) is 3.80. The minimum absolute atomic E-state index is 0.314. The van der Waals surface area contributed by atoms with E-state index in [-0.39, 0.29) is 0 Å². The summed E-state index contributed by atoms with van der Waals surface area (Å²) < 4.78 is 8.45. The highest BCUT2D eigenvalue weighted by Crippen LogP contribution is 2.24. The van der Waals surface area contributed by atoms with Gasteiger partial charge in [0.05, 0.1) is 19.3 Å². The molecule has 7 heteroatoms. The maximum Gasteiger partial charge on any atom is 0.358 e. The number of esters is 1. The van der Waals surface area contributed by atoms with Gasteiger partial charge < -0.3 is 9.30 Å². The van der Waals surface area contributed by atoms with Crippen molar-refractivity contribution in [3.8, 4) is 0 Å². The van der Waals surface area contributed by atoms with Gasteiger partial charge in [-0.1, -0.05) is 27.7 Å². The lowest BCUT2D eigenvalue weighted by Gasteiger charge is -2.09. The summed E-state index contributed by atoms with van der Waals surface area (Å²) in [5, 5.41) is 5.24. The zero-order chi connectivity index (χ0) is 19.4. The molecule has 26 heavy (non-hydrogen) atoms. The second-order valence-corrected chi connectivity index (χ2v) is 6.16. The average molecular weight is 357 g/mol. The van der Waals surface area contributed by atoms with E-state index in [4.69, 9.17) is 4.74 Å². The lowest BCUT2D eigenvalue weighted by atomic mass is 10.1. The number of hydrogen-bond donors (Lipinski definition) is 0. The van der Waals surface area contributed by atoms with Crippen molar-refractivity contribution in [3.05, 3.63) is 41.2 Å². The molecule has 3 aromatic heterocycles. The Labute approximate surface area is 154 Å². The van der Waals surface area contributed by atoms with E-state index in [1.54, 1.807) is 11.7 Å². The number of aryl methyl sites for hydroxylation is 2. The van der Waals surface area contributed by atoms with E-state index in [0.717, 1.165) is 28.1 Å². The van der Waals surface area contributed by atoms with Crippen molar-refractivity contribution >= 4 is 17.0 Å². The van der Waals surface area contributed by atoms with Gasteiger partial charge in [0.25, 0.3) is 0 Å². The molecule has 3 aromatic rings. The predicted octanol–water partition coefficient (Wildman–Crippen LogP) is 3.46. The smallest absolute Gasteiger partial charge is 0.358 e. The normalized spacial score (nSPS) is 10.8. The Bertz CT molecular complexity index is 908. The Hall–Kier alpha value is -2.70. The van der Waals surface area contributed by atoms with E-state index in [1.165, 1.54) is 7.11 Å². The summed E-state index contributed by atoms with van der Waals surface area (Å²) in [5.74, 6) is 0.621. The van der Waals surface area contributed by atoms with Crippen LogP contribution in [-0.2, 0) is 18.3 Å². The minimum atomic E-state index is -0.435. The predicted molar refractivity (Wildman–Crippen MR) is 101 cm³/mol. The fourth-order valence-electron chi connectivity index (χ4n) is 2.87. The maximum absolute atomic E-state index is 11.9. The maximum atomic E-state index is 11.9. The first-order valence-electron chi connectivity index (χ1n) is 8.85. The van der Waals surface area contributed by atoms with Gasteiger partial charge in [0, 0.05) is 30.4 Å². The third-order valence-corrected chi connectivity index (χ3v) is 3.93. The van der Waals surface area contributed by atoms with Gasteiger partial charge in [-0.25, -0.2) is 14.8 Å². The monoisotopic (exact) mass is 357 g/mol. The topological polar surface area (TPSA) is 74.8 Å². The van der Waals surface area contributed by atoms with Gasteiger partial charge in [0.15, 0.2) is 5.69 Å². The number of carbonyl (C=O) groups excluding carboxylic acids is 1. The first-order valence-corrected chi connectivity index (χ1v) is 8.85. The van der Waals surface area contributed by atoms with Crippen molar-refractivity contribution in [2.45, 2.75) is 47.1 Å². The van der Waals surface area contributed by atoms with Gasteiger partial charge >= 0.3 is 5.97 Å². The van der Waals surface area contributed by atoms with Gasteiger partial charge in [-0.3, -0.25) is 4.68 Å². The summed E-state index contributed by atoms with van der Waals surface area (Å²) in [4.78, 5) is 21.1. The molecule has 0 spiro atoms. The van der Waals surface area contributed by atoms with Gasteiger partial charge in [0.1, 0.15) is 11.5 Å². The molecule has 140 valence electrons. The van der Waals surface area contributed by atoms with Crippen LogP contribution in [0.2, 0.25) is 0 Å².